The van der Waals surface area contributed by atoms with Gasteiger partial charge in [0.05, 0.1) is 13.2 Å². The molecular weight excluding hydrogens is 340 g/mol. The third-order valence-electron chi connectivity index (χ3n) is 5.70. The summed E-state index contributed by atoms with van der Waals surface area (Å²) in [7, 11) is 1.68. The van der Waals surface area contributed by atoms with E-state index in [1.165, 1.54) is 5.56 Å². The van der Waals surface area contributed by atoms with Crippen LogP contribution in [-0.2, 0) is 22.5 Å². The van der Waals surface area contributed by atoms with E-state index in [-0.39, 0.29) is 35.9 Å². The second kappa shape index (κ2) is 11.2. The van der Waals surface area contributed by atoms with Crippen LogP contribution >= 0.6 is 0 Å². The molecule has 0 heterocycles. The van der Waals surface area contributed by atoms with E-state index in [2.05, 4.69) is 58.9 Å². The van der Waals surface area contributed by atoms with Gasteiger partial charge in [-0.15, -0.1) is 0 Å². The largest absolute Gasteiger partial charge is 0.396 e. The number of methoxy groups -OCH3 is 1. The standard InChI is InChI=1S/C23H40O4/c1-22(2,3)20(14-24)11-12-27-16-19-9-7-18(8-10-19)13-23(4,5)21(15-25)17-26-6/h7-10,20-21,24-25H,11-17H2,1-6H3. The van der Waals surface area contributed by atoms with Crippen LogP contribution in [-0.4, -0.2) is 43.8 Å². The first-order valence-corrected chi connectivity index (χ1v) is 10.00. The average molecular weight is 381 g/mol. The maximum absolute atomic E-state index is 9.63. The van der Waals surface area contributed by atoms with Gasteiger partial charge in [-0.25, -0.2) is 0 Å². The molecule has 156 valence electrons. The summed E-state index contributed by atoms with van der Waals surface area (Å²) in [6.07, 6.45) is 1.76. The zero-order valence-electron chi connectivity index (χ0n) is 18.1. The lowest BCUT2D eigenvalue weighted by Gasteiger charge is -2.33. The highest BCUT2D eigenvalue weighted by Gasteiger charge is 2.29. The van der Waals surface area contributed by atoms with Gasteiger partial charge >= 0.3 is 0 Å². The maximum atomic E-state index is 9.63. The van der Waals surface area contributed by atoms with Gasteiger partial charge in [-0.1, -0.05) is 58.9 Å². The van der Waals surface area contributed by atoms with Gasteiger partial charge in [0, 0.05) is 32.8 Å². The Morgan fingerprint density at radius 1 is 0.889 bits per heavy atom. The summed E-state index contributed by atoms with van der Waals surface area (Å²) >= 11 is 0. The maximum Gasteiger partial charge on any atom is 0.0716 e. The Morgan fingerprint density at radius 3 is 1.93 bits per heavy atom. The smallest absolute Gasteiger partial charge is 0.0716 e. The summed E-state index contributed by atoms with van der Waals surface area (Å²) in [4.78, 5) is 0. The zero-order chi connectivity index (χ0) is 20.5. The monoisotopic (exact) mass is 380 g/mol. The van der Waals surface area contributed by atoms with Crippen molar-refractivity contribution in [3.8, 4) is 0 Å². The van der Waals surface area contributed by atoms with Crippen molar-refractivity contribution in [2.45, 2.75) is 54.1 Å². The number of benzene rings is 1. The SMILES string of the molecule is COCC(CO)C(C)(C)Cc1ccc(COCCC(CO)C(C)(C)C)cc1. The molecule has 27 heavy (non-hydrogen) atoms. The Labute approximate surface area is 165 Å². The fourth-order valence-electron chi connectivity index (χ4n) is 3.36. The molecule has 0 aliphatic rings. The van der Waals surface area contributed by atoms with E-state index in [9.17, 15) is 10.2 Å². The minimum atomic E-state index is -0.0327. The number of ether oxygens (including phenoxy) is 2. The lowest BCUT2D eigenvalue weighted by molar-refractivity contribution is 0.0387. The fourth-order valence-corrected chi connectivity index (χ4v) is 3.36. The Morgan fingerprint density at radius 2 is 1.44 bits per heavy atom. The van der Waals surface area contributed by atoms with Crippen molar-refractivity contribution < 1.29 is 19.7 Å². The predicted molar refractivity (Wildman–Crippen MR) is 111 cm³/mol. The minimum absolute atomic E-state index is 0.0327. The van der Waals surface area contributed by atoms with Crippen LogP contribution < -0.4 is 0 Å². The molecule has 4 nitrogen and oxygen atoms in total. The minimum Gasteiger partial charge on any atom is -0.396 e. The topological polar surface area (TPSA) is 58.9 Å². The molecule has 1 aromatic carbocycles. The highest BCUT2D eigenvalue weighted by molar-refractivity contribution is 5.23. The molecule has 1 rings (SSSR count). The fraction of sp³-hybridized carbons (Fsp3) is 0.739. The summed E-state index contributed by atoms with van der Waals surface area (Å²) in [6.45, 7) is 13.0. The van der Waals surface area contributed by atoms with Gasteiger partial charge in [-0.05, 0) is 40.7 Å². The van der Waals surface area contributed by atoms with Crippen LogP contribution in [0.4, 0.5) is 0 Å². The molecule has 0 spiro atoms. The van der Waals surface area contributed by atoms with Gasteiger partial charge in [0.2, 0.25) is 0 Å². The molecule has 0 amide bonds. The average Bonchev–Trinajstić information content (AvgIpc) is 2.59. The van der Waals surface area contributed by atoms with Gasteiger partial charge in [0.25, 0.3) is 0 Å². The molecule has 2 N–H and O–H groups in total. The molecule has 0 radical (unpaired) electrons. The first-order valence-electron chi connectivity index (χ1n) is 10.00. The van der Waals surface area contributed by atoms with Crippen molar-refractivity contribution in [3.63, 3.8) is 0 Å². The van der Waals surface area contributed by atoms with E-state index in [1.54, 1.807) is 7.11 Å². The van der Waals surface area contributed by atoms with Crippen LogP contribution in [0, 0.1) is 22.7 Å². The van der Waals surface area contributed by atoms with Gasteiger partial charge < -0.3 is 19.7 Å². The number of rotatable bonds is 12. The molecule has 2 atom stereocenters. The quantitative estimate of drug-likeness (QED) is 0.537. The van der Waals surface area contributed by atoms with Crippen molar-refractivity contribution in [1.82, 2.24) is 0 Å². The first-order chi connectivity index (χ1) is 12.6. The predicted octanol–water partition coefficient (Wildman–Crippen LogP) is 4.07. The van der Waals surface area contributed by atoms with Crippen LogP contribution in [0.1, 0.15) is 52.2 Å². The number of aliphatic hydroxyl groups excluding tert-OH is 2. The van der Waals surface area contributed by atoms with E-state index < -0.39 is 0 Å². The van der Waals surface area contributed by atoms with Crippen LogP contribution in [0.3, 0.4) is 0 Å². The van der Waals surface area contributed by atoms with Crippen molar-refractivity contribution in [3.05, 3.63) is 35.4 Å². The van der Waals surface area contributed by atoms with E-state index in [0.717, 1.165) is 18.4 Å². The first kappa shape index (κ1) is 24.1. The Bertz CT molecular complexity index is 516. The third-order valence-corrected chi connectivity index (χ3v) is 5.70. The van der Waals surface area contributed by atoms with E-state index in [4.69, 9.17) is 9.47 Å². The number of hydrogen-bond donors (Lipinski definition) is 2. The molecule has 0 fully saturated rings. The van der Waals surface area contributed by atoms with Gasteiger partial charge in [-0.2, -0.15) is 0 Å². The Hall–Kier alpha value is -0.940. The summed E-state index contributed by atoms with van der Waals surface area (Å²) < 4.78 is 11.1. The van der Waals surface area contributed by atoms with Crippen molar-refractivity contribution in [1.29, 1.82) is 0 Å². The van der Waals surface area contributed by atoms with Crippen molar-refractivity contribution in [2.24, 2.45) is 22.7 Å². The van der Waals surface area contributed by atoms with Crippen molar-refractivity contribution >= 4 is 0 Å². The third kappa shape index (κ3) is 8.30. The molecule has 1 aromatic rings. The van der Waals surface area contributed by atoms with E-state index in [0.29, 0.717) is 19.8 Å². The summed E-state index contributed by atoms with van der Waals surface area (Å²) in [5, 5.41) is 19.1. The van der Waals surface area contributed by atoms with Gasteiger partial charge in [0.15, 0.2) is 0 Å². The molecular formula is C23H40O4. The van der Waals surface area contributed by atoms with E-state index >= 15 is 0 Å². The Kier molecular flexibility index (Phi) is 9.96. The highest BCUT2D eigenvalue weighted by Crippen LogP contribution is 2.31. The second-order valence-corrected chi connectivity index (χ2v) is 9.40. The number of aliphatic hydroxyl groups is 2. The van der Waals surface area contributed by atoms with Gasteiger partial charge in [-0.3, -0.25) is 0 Å². The van der Waals surface area contributed by atoms with Crippen LogP contribution in [0.25, 0.3) is 0 Å². The van der Waals surface area contributed by atoms with Crippen LogP contribution in [0.5, 0.6) is 0 Å². The summed E-state index contributed by atoms with van der Waals surface area (Å²) in [5.74, 6) is 0.376. The molecule has 0 bridgehead atoms. The molecule has 0 aliphatic heterocycles. The van der Waals surface area contributed by atoms with E-state index in [1.807, 2.05) is 0 Å². The van der Waals surface area contributed by atoms with Crippen LogP contribution in [0.15, 0.2) is 24.3 Å². The van der Waals surface area contributed by atoms with Crippen LogP contribution in [0.2, 0.25) is 0 Å². The normalized spacial score (nSPS) is 15.0. The molecule has 4 heteroatoms. The summed E-state index contributed by atoms with van der Waals surface area (Å²) in [5.41, 5.74) is 2.48. The van der Waals surface area contributed by atoms with Gasteiger partial charge in [0.1, 0.15) is 0 Å². The molecule has 0 aromatic heterocycles. The second-order valence-electron chi connectivity index (χ2n) is 9.40. The lowest BCUT2D eigenvalue weighted by atomic mass is 9.75. The molecule has 0 saturated heterocycles. The van der Waals surface area contributed by atoms with Crippen molar-refractivity contribution in [2.75, 3.05) is 33.5 Å². The summed E-state index contributed by atoms with van der Waals surface area (Å²) in [6, 6.07) is 8.52. The Balaban J connectivity index is 2.50. The highest BCUT2D eigenvalue weighted by atomic mass is 16.5. The lowest BCUT2D eigenvalue weighted by Crippen LogP contribution is -2.32. The molecule has 0 aliphatic carbocycles. The molecule has 2 unspecified atom stereocenters. The number of hydrogen-bond acceptors (Lipinski definition) is 4. The zero-order valence-corrected chi connectivity index (χ0v) is 18.1. The molecule has 0 saturated carbocycles.